The zero-order chi connectivity index (χ0) is 30.3. The minimum absolute atomic E-state index is 0.0267. The van der Waals surface area contributed by atoms with Crippen molar-refractivity contribution in [2.24, 2.45) is 22.2 Å². The zero-order valence-electron chi connectivity index (χ0n) is 28.0. The molecule has 0 radical (unpaired) electrons. The molecule has 4 nitrogen and oxygen atoms in total. The van der Waals surface area contributed by atoms with Crippen molar-refractivity contribution < 1.29 is 18.7 Å². The number of Topliss-reactive ketones (excluding diaryl/α,β-unsaturated/α-hetero) is 1. The summed E-state index contributed by atoms with van der Waals surface area (Å²) < 4.78 is 18.3. The average molecular weight is 571 g/mol. The maximum Gasteiger partial charge on any atom is 0.192 e. The first kappa shape index (κ1) is 32.9. The summed E-state index contributed by atoms with van der Waals surface area (Å²) in [7, 11) is 1.51. The van der Waals surface area contributed by atoms with Gasteiger partial charge in [-0.05, 0) is 97.5 Å². The fraction of sp³-hybridized carbons (Fsp3) is 0.743. The molecule has 2 aliphatic rings. The van der Waals surface area contributed by atoms with E-state index in [9.17, 15) is 4.79 Å². The van der Waals surface area contributed by atoms with Gasteiger partial charge in [0.05, 0.1) is 14.2 Å². The smallest absolute Gasteiger partial charge is 0.192 e. The quantitative estimate of drug-likeness (QED) is 0.208. The van der Waals surface area contributed by atoms with E-state index in [1.165, 1.54) is 12.8 Å². The summed E-state index contributed by atoms with van der Waals surface area (Å²) in [5.41, 5.74) is 3.47. The van der Waals surface area contributed by atoms with Gasteiger partial charge in [0.2, 0.25) is 0 Å². The first-order valence-electron chi connectivity index (χ1n) is 15.4. The van der Waals surface area contributed by atoms with Gasteiger partial charge in [0.25, 0.3) is 0 Å². The van der Waals surface area contributed by atoms with Gasteiger partial charge in [-0.3, -0.25) is 4.79 Å². The molecule has 0 spiro atoms. The highest BCUT2D eigenvalue weighted by molar-refractivity contribution is 6.74. The summed E-state index contributed by atoms with van der Waals surface area (Å²) in [6, 6.07) is 4.03. The van der Waals surface area contributed by atoms with E-state index in [0.717, 1.165) is 47.5 Å². The maximum absolute atomic E-state index is 13.7. The van der Waals surface area contributed by atoms with Gasteiger partial charge in [-0.1, -0.05) is 66.5 Å². The van der Waals surface area contributed by atoms with Gasteiger partial charge in [-0.15, -0.1) is 0 Å². The lowest BCUT2D eigenvalue weighted by Gasteiger charge is -2.49. The van der Waals surface area contributed by atoms with E-state index in [2.05, 4.69) is 74.6 Å². The molecule has 40 heavy (non-hydrogen) atoms. The Morgan fingerprint density at radius 2 is 1.75 bits per heavy atom. The molecule has 0 heterocycles. The van der Waals surface area contributed by atoms with Gasteiger partial charge in [-0.25, -0.2) is 0 Å². The van der Waals surface area contributed by atoms with Crippen LogP contribution < -0.4 is 9.47 Å². The number of ether oxygens (including phenoxy) is 2. The molecule has 0 unspecified atom stereocenters. The molecule has 5 heteroatoms. The van der Waals surface area contributed by atoms with Gasteiger partial charge in [0.15, 0.2) is 8.32 Å². The molecule has 4 atom stereocenters. The molecule has 0 N–H and O–H groups in total. The third-order valence-corrected chi connectivity index (χ3v) is 16.2. The van der Waals surface area contributed by atoms with Crippen LogP contribution in [0.4, 0.5) is 0 Å². The van der Waals surface area contributed by atoms with Crippen LogP contribution in [0.25, 0.3) is 0 Å². The molecular formula is C35H58O4Si. The monoisotopic (exact) mass is 570 g/mol. The summed E-state index contributed by atoms with van der Waals surface area (Å²) in [5, 5.41) is 0.197. The minimum Gasteiger partial charge on any atom is -0.497 e. The van der Waals surface area contributed by atoms with Crippen LogP contribution in [-0.2, 0) is 15.6 Å². The summed E-state index contributed by atoms with van der Waals surface area (Å²) in [6.07, 6.45) is 8.91. The highest BCUT2D eigenvalue weighted by Crippen LogP contribution is 2.71. The Morgan fingerprint density at radius 1 is 1.10 bits per heavy atom. The molecule has 2 fully saturated rings. The number of benzene rings is 1. The van der Waals surface area contributed by atoms with Crippen LogP contribution in [0.3, 0.4) is 0 Å². The van der Waals surface area contributed by atoms with Crippen molar-refractivity contribution in [1.82, 2.24) is 0 Å². The van der Waals surface area contributed by atoms with Crippen molar-refractivity contribution in [3.05, 3.63) is 34.9 Å². The summed E-state index contributed by atoms with van der Waals surface area (Å²) in [6.45, 7) is 25.7. The maximum atomic E-state index is 13.7. The fourth-order valence-electron chi connectivity index (χ4n) is 7.73. The molecular weight excluding hydrogens is 512 g/mol. The molecule has 226 valence electrons. The van der Waals surface area contributed by atoms with Gasteiger partial charge < -0.3 is 13.9 Å². The highest BCUT2D eigenvalue weighted by atomic mass is 28.4. The van der Waals surface area contributed by atoms with E-state index in [4.69, 9.17) is 13.9 Å². The van der Waals surface area contributed by atoms with Gasteiger partial charge in [0, 0.05) is 24.5 Å². The standard InChI is InChI=1S/C35H58O4Si/c1-24(16-17-26-21-28(37-10)20-25(2)31(26)38-11)19-27(36)22-34(8)23-29-30(39-40(12,13)32(3,4)5)15-14-18-35(34,9)33(29,6)7/h16,20-21,29-30H,14-15,17-19,22-23H2,1-13H3/b24-16+/t29-,30+,34+,35+/m0/s1. The number of rotatable bonds is 10. The molecule has 2 bridgehead atoms. The number of aryl methyl sites for hydroxylation is 1. The number of carbonyl (C=O) groups excluding carboxylic acids is 1. The van der Waals surface area contributed by atoms with E-state index in [-0.39, 0.29) is 27.4 Å². The van der Waals surface area contributed by atoms with Crippen molar-refractivity contribution >= 4 is 14.1 Å². The Kier molecular flexibility index (Phi) is 9.54. The first-order chi connectivity index (χ1) is 18.3. The predicted molar refractivity (Wildman–Crippen MR) is 170 cm³/mol. The Hall–Kier alpha value is -1.59. The summed E-state index contributed by atoms with van der Waals surface area (Å²) in [5.74, 6) is 2.56. The van der Waals surface area contributed by atoms with Crippen molar-refractivity contribution in [3.63, 3.8) is 0 Å². The minimum atomic E-state index is -1.89. The van der Waals surface area contributed by atoms with Crippen LogP contribution in [-0.4, -0.2) is 34.4 Å². The third-order valence-electron chi connectivity index (χ3n) is 11.7. The van der Waals surface area contributed by atoms with Gasteiger partial charge >= 0.3 is 0 Å². The number of ketones is 1. The van der Waals surface area contributed by atoms with E-state index >= 15 is 0 Å². The lowest BCUT2D eigenvalue weighted by atomic mass is 9.55. The highest BCUT2D eigenvalue weighted by Gasteiger charge is 2.65. The lowest BCUT2D eigenvalue weighted by molar-refractivity contribution is -0.123. The Labute approximate surface area is 246 Å². The van der Waals surface area contributed by atoms with Crippen LogP contribution in [0.2, 0.25) is 18.1 Å². The van der Waals surface area contributed by atoms with Crippen molar-refractivity contribution in [2.45, 2.75) is 131 Å². The second-order valence-corrected chi connectivity index (χ2v) is 20.3. The number of hydrogen-bond acceptors (Lipinski definition) is 4. The van der Waals surface area contributed by atoms with Crippen molar-refractivity contribution in [2.75, 3.05) is 14.2 Å². The second-order valence-electron chi connectivity index (χ2n) is 15.5. The van der Waals surface area contributed by atoms with E-state index in [1.807, 2.05) is 19.1 Å². The third kappa shape index (κ3) is 6.11. The molecule has 1 aromatic carbocycles. The number of carbonyl (C=O) groups is 1. The normalized spacial score (nSPS) is 28.8. The molecule has 0 aromatic heterocycles. The number of fused-ring (bicyclic) bond motifs is 2. The zero-order valence-corrected chi connectivity index (χ0v) is 29.0. The van der Waals surface area contributed by atoms with Gasteiger partial charge in [-0.2, -0.15) is 0 Å². The Bertz CT molecular complexity index is 1110. The molecule has 2 saturated carbocycles. The molecule has 2 aliphatic carbocycles. The molecule has 0 amide bonds. The Morgan fingerprint density at radius 3 is 2.33 bits per heavy atom. The Balaban J connectivity index is 1.77. The number of allylic oxidation sites excluding steroid dienone is 2. The van der Waals surface area contributed by atoms with Gasteiger partial charge in [0.1, 0.15) is 17.3 Å². The topological polar surface area (TPSA) is 44.8 Å². The molecule has 0 saturated heterocycles. The first-order valence-corrected chi connectivity index (χ1v) is 18.3. The van der Waals surface area contributed by atoms with Crippen LogP contribution in [0.5, 0.6) is 11.5 Å². The summed E-state index contributed by atoms with van der Waals surface area (Å²) in [4.78, 5) is 13.7. The van der Waals surface area contributed by atoms with Crippen LogP contribution in [0.1, 0.15) is 105 Å². The van der Waals surface area contributed by atoms with Crippen LogP contribution >= 0.6 is 0 Å². The number of hydrogen-bond donors (Lipinski definition) is 0. The summed E-state index contributed by atoms with van der Waals surface area (Å²) >= 11 is 0. The van der Waals surface area contributed by atoms with Crippen LogP contribution in [0.15, 0.2) is 23.8 Å². The van der Waals surface area contributed by atoms with Crippen molar-refractivity contribution in [1.29, 1.82) is 0 Å². The van der Waals surface area contributed by atoms with E-state index in [0.29, 0.717) is 24.5 Å². The van der Waals surface area contributed by atoms with E-state index < -0.39 is 8.32 Å². The molecule has 1 aromatic rings. The van der Waals surface area contributed by atoms with Crippen molar-refractivity contribution in [3.8, 4) is 11.5 Å². The van der Waals surface area contributed by atoms with Crippen LogP contribution in [0, 0.1) is 29.1 Å². The molecule has 3 rings (SSSR count). The largest absolute Gasteiger partial charge is 0.497 e. The predicted octanol–water partition coefficient (Wildman–Crippen LogP) is 9.48. The second kappa shape index (κ2) is 11.6. The average Bonchev–Trinajstić information content (AvgIpc) is 2.91. The number of methoxy groups -OCH3 is 2. The fourth-order valence-corrected chi connectivity index (χ4v) is 9.12. The molecule has 0 aliphatic heterocycles. The lowest BCUT2D eigenvalue weighted by Crippen LogP contribution is -2.47. The SMILES string of the molecule is COc1cc(C)c(OC)c(C/C=C(\C)CC(=O)C[C@]2(C)C[C@H]3[C@H](O[Si](C)(C)C(C)(C)C)CCC[C@]2(C)C3(C)C)c1. The van der Waals surface area contributed by atoms with E-state index in [1.54, 1.807) is 14.2 Å².